The van der Waals surface area contributed by atoms with Gasteiger partial charge in [0, 0.05) is 11.3 Å². The van der Waals surface area contributed by atoms with Crippen LogP contribution in [0.2, 0.25) is 0 Å². The predicted octanol–water partition coefficient (Wildman–Crippen LogP) is 2.63. The molecule has 0 radical (unpaired) electrons. The molecule has 1 aromatic heterocycles. The molecular weight excluding hydrogens is 180 g/mol. The third-order valence-corrected chi connectivity index (χ3v) is 4.35. The molecule has 70 valence electrons. The highest BCUT2D eigenvalue weighted by molar-refractivity contribution is 7.13. The van der Waals surface area contributed by atoms with Gasteiger partial charge in [0.15, 0.2) is 5.13 Å². The van der Waals surface area contributed by atoms with Crippen LogP contribution in [0.15, 0.2) is 5.38 Å². The van der Waals surface area contributed by atoms with E-state index in [1.54, 1.807) is 11.3 Å². The van der Waals surface area contributed by atoms with Crippen molar-refractivity contribution in [2.75, 3.05) is 5.73 Å². The van der Waals surface area contributed by atoms with Crippen molar-refractivity contribution in [3.63, 3.8) is 0 Å². The average Bonchev–Trinajstić information content (AvgIpc) is 2.77. The molecule has 13 heavy (non-hydrogen) atoms. The SMILES string of the molecule is Nc1nc(C2C[C@@H]3CCC2C3)cs1. The monoisotopic (exact) mass is 194 g/mol. The molecule has 0 aromatic carbocycles. The van der Waals surface area contributed by atoms with Gasteiger partial charge in [0.05, 0.1) is 5.69 Å². The number of hydrogen-bond donors (Lipinski definition) is 1. The second-order valence-electron chi connectivity index (χ2n) is 4.39. The number of rotatable bonds is 1. The van der Waals surface area contributed by atoms with E-state index >= 15 is 0 Å². The number of nitrogens with two attached hydrogens (primary N) is 1. The molecular formula is C10H14N2S. The van der Waals surface area contributed by atoms with E-state index < -0.39 is 0 Å². The fourth-order valence-electron chi connectivity index (χ4n) is 3.08. The summed E-state index contributed by atoms with van der Waals surface area (Å²) < 4.78 is 0. The van der Waals surface area contributed by atoms with Gasteiger partial charge in [0.2, 0.25) is 0 Å². The molecule has 1 heterocycles. The molecule has 3 heteroatoms. The number of nitrogens with zero attached hydrogens (tertiary/aromatic N) is 1. The van der Waals surface area contributed by atoms with E-state index in [2.05, 4.69) is 10.4 Å². The molecule has 2 N–H and O–H groups in total. The second-order valence-corrected chi connectivity index (χ2v) is 5.28. The average molecular weight is 194 g/mol. The molecule has 2 aliphatic carbocycles. The number of anilines is 1. The summed E-state index contributed by atoms with van der Waals surface area (Å²) >= 11 is 1.59. The molecule has 2 unspecified atom stereocenters. The molecule has 0 spiro atoms. The van der Waals surface area contributed by atoms with Crippen LogP contribution in [0.4, 0.5) is 5.13 Å². The minimum Gasteiger partial charge on any atom is -0.375 e. The summed E-state index contributed by atoms with van der Waals surface area (Å²) in [7, 11) is 0. The highest BCUT2D eigenvalue weighted by atomic mass is 32.1. The molecule has 2 aliphatic rings. The second kappa shape index (κ2) is 2.71. The van der Waals surface area contributed by atoms with Gasteiger partial charge in [-0.15, -0.1) is 11.3 Å². The van der Waals surface area contributed by atoms with Crippen LogP contribution >= 0.6 is 11.3 Å². The lowest BCUT2D eigenvalue weighted by atomic mass is 9.87. The third-order valence-electron chi connectivity index (χ3n) is 3.66. The summed E-state index contributed by atoms with van der Waals surface area (Å²) in [5.41, 5.74) is 6.92. The molecule has 0 aliphatic heterocycles. The number of fused-ring (bicyclic) bond motifs is 2. The van der Waals surface area contributed by atoms with Gasteiger partial charge in [-0.2, -0.15) is 0 Å². The Morgan fingerprint density at radius 3 is 2.85 bits per heavy atom. The van der Waals surface area contributed by atoms with Crippen molar-refractivity contribution in [3.8, 4) is 0 Å². The highest BCUT2D eigenvalue weighted by Gasteiger charge is 2.40. The van der Waals surface area contributed by atoms with E-state index in [0.717, 1.165) is 22.9 Å². The Kier molecular flexibility index (Phi) is 1.62. The first kappa shape index (κ1) is 7.80. The van der Waals surface area contributed by atoms with Gasteiger partial charge in [-0.25, -0.2) is 4.98 Å². The summed E-state index contributed by atoms with van der Waals surface area (Å²) in [6.45, 7) is 0. The van der Waals surface area contributed by atoms with Gasteiger partial charge in [0.1, 0.15) is 0 Å². The maximum Gasteiger partial charge on any atom is 0.180 e. The predicted molar refractivity (Wildman–Crippen MR) is 54.7 cm³/mol. The Hall–Kier alpha value is -0.570. The van der Waals surface area contributed by atoms with Gasteiger partial charge < -0.3 is 5.73 Å². The molecule has 2 fully saturated rings. The number of aromatic nitrogens is 1. The zero-order valence-electron chi connectivity index (χ0n) is 7.57. The van der Waals surface area contributed by atoms with Crippen LogP contribution in [0.25, 0.3) is 0 Å². The quantitative estimate of drug-likeness (QED) is 0.746. The zero-order valence-corrected chi connectivity index (χ0v) is 8.39. The van der Waals surface area contributed by atoms with E-state index in [9.17, 15) is 0 Å². The normalized spacial score (nSPS) is 37.1. The van der Waals surface area contributed by atoms with Gasteiger partial charge in [-0.05, 0) is 31.1 Å². The largest absolute Gasteiger partial charge is 0.375 e. The molecule has 2 nitrogen and oxygen atoms in total. The molecule has 2 saturated carbocycles. The van der Waals surface area contributed by atoms with Gasteiger partial charge in [-0.1, -0.05) is 6.42 Å². The number of hydrogen-bond acceptors (Lipinski definition) is 3. The standard InChI is InChI=1S/C10H14N2S/c11-10-12-9(5-13-10)8-4-6-1-2-7(8)3-6/h5-8H,1-4H2,(H2,11,12)/t6-,7?,8?/m1/s1. The third kappa shape index (κ3) is 1.17. The first-order valence-electron chi connectivity index (χ1n) is 5.04. The van der Waals surface area contributed by atoms with Crippen LogP contribution in [0, 0.1) is 11.8 Å². The van der Waals surface area contributed by atoms with Crippen molar-refractivity contribution in [2.24, 2.45) is 11.8 Å². The number of nitrogen functional groups attached to an aromatic ring is 1. The van der Waals surface area contributed by atoms with Crippen molar-refractivity contribution in [2.45, 2.75) is 31.6 Å². The summed E-state index contributed by atoms with van der Waals surface area (Å²) in [6.07, 6.45) is 5.70. The van der Waals surface area contributed by atoms with E-state index in [0.29, 0.717) is 0 Å². The fraction of sp³-hybridized carbons (Fsp3) is 0.700. The Bertz CT molecular complexity index is 320. The molecule has 3 atom stereocenters. The molecule has 1 aromatic rings. The van der Waals surface area contributed by atoms with Crippen LogP contribution in [0.1, 0.15) is 37.3 Å². The Labute approximate surface area is 82.2 Å². The smallest absolute Gasteiger partial charge is 0.180 e. The van der Waals surface area contributed by atoms with Crippen molar-refractivity contribution < 1.29 is 0 Å². The fourth-order valence-corrected chi connectivity index (χ4v) is 3.71. The lowest BCUT2D eigenvalue weighted by Crippen LogP contribution is -2.08. The van der Waals surface area contributed by atoms with Crippen molar-refractivity contribution in [1.29, 1.82) is 0 Å². The maximum atomic E-state index is 5.65. The van der Waals surface area contributed by atoms with Crippen LogP contribution in [-0.2, 0) is 0 Å². The van der Waals surface area contributed by atoms with Crippen LogP contribution in [0.5, 0.6) is 0 Å². The van der Waals surface area contributed by atoms with Crippen LogP contribution in [-0.4, -0.2) is 4.98 Å². The lowest BCUT2D eigenvalue weighted by molar-refractivity contribution is 0.414. The Morgan fingerprint density at radius 2 is 2.31 bits per heavy atom. The van der Waals surface area contributed by atoms with Crippen LogP contribution < -0.4 is 5.73 Å². The minimum atomic E-state index is 0.734. The van der Waals surface area contributed by atoms with Gasteiger partial charge in [-0.3, -0.25) is 0 Å². The zero-order chi connectivity index (χ0) is 8.84. The van der Waals surface area contributed by atoms with Crippen molar-refractivity contribution >= 4 is 16.5 Å². The first-order chi connectivity index (χ1) is 6.33. The summed E-state index contributed by atoms with van der Waals surface area (Å²) in [6, 6.07) is 0. The summed E-state index contributed by atoms with van der Waals surface area (Å²) in [5.74, 6) is 2.66. The first-order valence-corrected chi connectivity index (χ1v) is 5.92. The Balaban J connectivity index is 1.87. The number of thiazole rings is 1. The minimum absolute atomic E-state index is 0.734. The molecule has 3 rings (SSSR count). The van der Waals surface area contributed by atoms with E-state index in [1.807, 2.05) is 0 Å². The van der Waals surface area contributed by atoms with Gasteiger partial charge in [0.25, 0.3) is 0 Å². The van der Waals surface area contributed by atoms with E-state index in [1.165, 1.54) is 31.4 Å². The Morgan fingerprint density at radius 1 is 1.38 bits per heavy atom. The topological polar surface area (TPSA) is 38.9 Å². The van der Waals surface area contributed by atoms with E-state index in [-0.39, 0.29) is 0 Å². The van der Waals surface area contributed by atoms with Crippen molar-refractivity contribution in [3.05, 3.63) is 11.1 Å². The highest BCUT2D eigenvalue weighted by Crippen LogP contribution is 2.52. The van der Waals surface area contributed by atoms with Gasteiger partial charge >= 0.3 is 0 Å². The molecule has 0 amide bonds. The lowest BCUT2D eigenvalue weighted by Gasteiger charge is -2.19. The maximum absolute atomic E-state index is 5.65. The van der Waals surface area contributed by atoms with Crippen LogP contribution in [0.3, 0.4) is 0 Å². The summed E-state index contributed by atoms with van der Waals surface area (Å²) in [5, 5.41) is 2.89. The molecule has 2 bridgehead atoms. The van der Waals surface area contributed by atoms with E-state index in [4.69, 9.17) is 5.73 Å². The molecule has 0 saturated heterocycles. The van der Waals surface area contributed by atoms with Crippen molar-refractivity contribution in [1.82, 2.24) is 4.98 Å². The summed E-state index contributed by atoms with van der Waals surface area (Å²) in [4.78, 5) is 4.41.